The Morgan fingerprint density at radius 2 is 2.00 bits per heavy atom. The molecule has 1 saturated carbocycles. The molecular formula is C12H22N2O. The van der Waals surface area contributed by atoms with Crippen molar-refractivity contribution in [2.24, 2.45) is 5.92 Å². The molecule has 0 aromatic heterocycles. The Labute approximate surface area is 92.5 Å². The number of nitrogens with zero attached hydrogens (tertiary/aromatic N) is 1. The number of aliphatic hydroxyl groups excluding tert-OH is 1. The smallest absolute Gasteiger partial charge is 0.0672 e. The summed E-state index contributed by atoms with van der Waals surface area (Å²) in [5.74, 6) is 0.110. The molecule has 86 valence electrons. The fourth-order valence-electron chi connectivity index (χ4n) is 2.18. The van der Waals surface area contributed by atoms with E-state index in [0.717, 1.165) is 19.3 Å². The van der Waals surface area contributed by atoms with Crippen LogP contribution in [0.4, 0.5) is 0 Å². The van der Waals surface area contributed by atoms with Gasteiger partial charge < -0.3 is 10.4 Å². The van der Waals surface area contributed by atoms with Crippen LogP contribution in [-0.4, -0.2) is 23.3 Å². The molecule has 1 rings (SSSR count). The normalized spacial score (nSPS) is 28.1. The molecule has 0 aliphatic heterocycles. The van der Waals surface area contributed by atoms with Crippen molar-refractivity contribution in [1.82, 2.24) is 5.32 Å². The van der Waals surface area contributed by atoms with Crippen LogP contribution in [0.5, 0.6) is 0 Å². The number of rotatable bonds is 3. The minimum Gasteiger partial charge on any atom is -0.394 e. The predicted octanol–water partition coefficient (Wildman–Crippen LogP) is 1.82. The zero-order valence-electron chi connectivity index (χ0n) is 9.79. The molecular weight excluding hydrogens is 188 g/mol. The molecule has 2 unspecified atom stereocenters. The summed E-state index contributed by atoms with van der Waals surface area (Å²) in [6.07, 6.45) is 5.64. The highest BCUT2D eigenvalue weighted by Gasteiger charge is 2.28. The Bertz CT molecular complexity index is 232. The van der Waals surface area contributed by atoms with E-state index in [1.54, 1.807) is 0 Å². The van der Waals surface area contributed by atoms with Crippen LogP contribution in [0, 0.1) is 17.2 Å². The maximum atomic E-state index is 9.21. The topological polar surface area (TPSA) is 56.0 Å². The molecule has 0 amide bonds. The van der Waals surface area contributed by atoms with E-state index >= 15 is 0 Å². The van der Waals surface area contributed by atoms with E-state index in [0.29, 0.717) is 0 Å². The third-order valence-electron chi connectivity index (χ3n) is 3.15. The van der Waals surface area contributed by atoms with Crippen molar-refractivity contribution in [3.8, 4) is 6.07 Å². The fourth-order valence-corrected chi connectivity index (χ4v) is 2.18. The second-order valence-corrected chi connectivity index (χ2v) is 5.17. The summed E-state index contributed by atoms with van der Waals surface area (Å²) in [7, 11) is 0. The van der Waals surface area contributed by atoms with E-state index in [2.05, 4.69) is 11.4 Å². The van der Waals surface area contributed by atoms with Gasteiger partial charge in [-0.2, -0.15) is 5.26 Å². The first kappa shape index (κ1) is 12.5. The van der Waals surface area contributed by atoms with Crippen LogP contribution in [0.2, 0.25) is 0 Å². The summed E-state index contributed by atoms with van der Waals surface area (Å²) in [6, 6.07) is 2.65. The summed E-state index contributed by atoms with van der Waals surface area (Å²) in [4.78, 5) is 0. The van der Waals surface area contributed by atoms with Gasteiger partial charge in [0.25, 0.3) is 0 Å². The lowest BCUT2D eigenvalue weighted by Crippen LogP contribution is -2.50. The molecule has 2 atom stereocenters. The predicted molar refractivity (Wildman–Crippen MR) is 60.3 cm³/mol. The van der Waals surface area contributed by atoms with E-state index in [4.69, 9.17) is 5.26 Å². The van der Waals surface area contributed by atoms with Gasteiger partial charge in [0.2, 0.25) is 0 Å². The molecule has 1 aliphatic rings. The molecule has 3 heteroatoms. The number of nitrogens with one attached hydrogen (secondary N) is 1. The maximum Gasteiger partial charge on any atom is 0.0672 e. The van der Waals surface area contributed by atoms with Gasteiger partial charge in [0.1, 0.15) is 0 Å². The van der Waals surface area contributed by atoms with Crippen molar-refractivity contribution in [2.75, 3.05) is 6.61 Å². The quantitative estimate of drug-likeness (QED) is 0.699. The van der Waals surface area contributed by atoms with E-state index < -0.39 is 0 Å². The molecule has 2 N–H and O–H groups in total. The lowest BCUT2D eigenvalue weighted by molar-refractivity contribution is 0.164. The van der Waals surface area contributed by atoms with E-state index in [9.17, 15) is 5.11 Å². The van der Waals surface area contributed by atoms with Crippen molar-refractivity contribution < 1.29 is 5.11 Å². The Kier molecular flexibility index (Phi) is 4.56. The van der Waals surface area contributed by atoms with Crippen LogP contribution in [-0.2, 0) is 0 Å². The highest BCUT2D eigenvalue weighted by Crippen LogP contribution is 2.24. The Morgan fingerprint density at radius 1 is 1.33 bits per heavy atom. The summed E-state index contributed by atoms with van der Waals surface area (Å²) in [6.45, 7) is 4.07. The third kappa shape index (κ3) is 3.81. The number of hydrogen-bond acceptors (Lipinski definition) is 3. The highest BCUT2D eigenvalue weighted by molar-refractivity contribution is 4.96. The van der Waals surface area contributed by atoms with E-state index in [1.807, 2.05) is 13.8 Å². The number of nitriles is 1. The zero-order chi connectivity index (χ0) is 11.3. The van der Waals surface area contributed by atoms with Crippen molar-refractivity contribution >= 4 is 0 Å². The second-order valence-electron chi connectivity index (χ2n) is 5.17. The van der Waals surface area contributed by atoms with Gasteiger partial charge >= 0.3 is 0 Å². The summed E-state index contributed by atoms with van der Waals surface area (Å²) < 4.78 is 0. The second kappa shape index (κ2) is 5.48. The first-order valence-electron chi connectivity index (χ1n) is 5.87. The van der Waals surface area contributed by atoms with Crippen LogP contribution < -0.4 is 5.32 Å². The summed E-state index contributed by atoms with van der Waals surface area (Å²) in [5.41, 5.74) is -0.274. The van der Waals surface area contributed by atoms with E-state index in [1.165, 1.54) is 12.8 Å². The van der Waals surface area contributed by atoms with Gasteiger partial charge in [-0.1, -0.05) is 19.3 Å². The van der Waals surface area contributed by atoms with Crippen molar-refractivity contribution in [3.63, 3.8) is 0 Å². The third-order valence-corrected chi connectivity index (χ3v) is 3.15. The van der Waals surface area contributed by atoms with Crippen molar-refractivity contribution in [1.29, 1.82) is 5.26 Å². The lowest BCUT2D eigenvalue weighted by atomic mass is 9.93. The summed E-state index contributed by atoms with van der Waals surface area (Å²) in [5, 5.41) is 21.7. The van der Waals surface area contributed by atoms with Gasteiger partial charge in [0.05, 0.1) is 18.6 Å². The lowest BCUT2D eigenvalue weighted by Gasteiger charge is -2.31. The van der Waals surface area contributed by atoms with Gasteiger partial charge in [-0.25, -0.2) is 0 Å². The minimum absolute atomic E-state index is 0.110. The fraction of sp³-hybridized carbons (Fsp3) is 0.917. The summed E-state index contributed by atoms with van der Waals surface area (Å²) >= 11 is 0. The van der Waals surface area contributed by atoms with Crippen molar-refractivity contribution in [2.45, 2.75) is 57.5 Å². The molecule has 0 heterocycles. The van der Waals surface area contributed by atoms with Crippen LogP contribution in [0.3, 0.4) is 0 Å². The maximum absolute atomic E-state index is 9.21. The molecule has 0 aromatic rings. The van der Waals surface area contributed by atoms with Gasteiger partial charge in [-0.15, -0.1) is 0 Å². The van der Waals surface area contributed by atoms with Crippen molar-refractivity contribution in [3.05, 3.63) is 0 Å². The van der Waals surface area contributed by atoms with Gasteiger partial charge in [-0.05, 0) is 26.7 Å². The molecule has 0 spiro atoms. The largest absolute Gasteiger partial charge is 0.394 e. The molecule has 15 heavy (non-hydrogen) atoms. The van der Waals surface area contributed by atoms with Gasteiger partial charge in [0, 0.05) is 11.6 Å². The SMILES string of the molecule is CC(C)(CO)NC1CCCCCC1C#N. The highest BCUT2D eigenvalue weighted by atomic mass is 16.3. The monoisotopic (exact) mass is 210 g/mol. The van der Waals surface area contributed by atoms with Crippen LogP contribution in [0.15, 0.2) is 0 Å². The molecule has 0 aromatic carbocycles. The Balaban J connectivity index is 2.60. The Morgan fingerprint density at radius 3 is 2.60 bits per heavy atom. The molecule has 1 aliphatic carbocycles. The van der Waals surface area contributed by atoms with Gasteiger partial charge in [-0.3, -0.25) is 0 Å². The average molecular weight is 210 g/mol. The first-order chi connectivity index (χ1) is 7.09. The first-order valence-corrected chi connectivity index (χ1v) is 5.87. The van der Waals surface area contributed by atoms with Gasteiger partial charge in [0.15, 0.2) is 0 Å². The molecule has 0 bridgehead atoms. The Hall–Kier alpha value is -0.590. The van der Waals surface area contributed by atoms with Crippen LogP contribution >= 0.6 is 0 Å². The molecule has 1 fully saturated rings. The van der Waals surface area contributed by atoms with E-state index in [-0.39, 0.29) is 24.1 Å². The molecule has 3 nitrogen and oxygen atoms in total. The molecule has 0 saturated heterocycles. The number of aliphatic hydroxyl groups is 1. The van der Waals surface area contributed by atoms with Crippen LogP contribution in [0.25, 0.3) is 0 Å². The van der Waals surface area contributed by atoms with Crippen LogP contribution in [0.1, 0.15) is 46.0 Å². The molecule has 0 radical (unpaired) electrons. The average Bonchev–Trinajstić information content (AvgIpc) is 2.42. The zero-order valence-corrected chi connectivity index (χ0v) is 9.79. The standard InChI is InChI=1S/C12H22N2O/c1-12(2,9-15)14-11-7-5-3-4-6-10(11)8-13/h10-11,14-15H,3-7,9H2,1-2H3. The minimum atomic E-state index is -0.274. The number of hydrogen-bond donors (Lipinski definition) is 2.